The summed E-state index contributed by atoms with van der Waals surface area (Å²) in [7, 11) is -3.38. The minimum Gasteiger partial charge on any atom is -0.481 e. The van der Waals surface area contributed by atoms with Crippen LogP contribution in [0.4, 0.5) is 0 Å². The van der Waals surface area contributed by atoms with E-state index in [9.17, 15) is 9.36 Å². The Hall–Kier alpha value is -0.420. The Morgan fingerprint density at radius 3 is 2.18 bits per heavy atom. The number of methoxy groups -OCH3 is 1. The molecule has 7 heteroatoms. The van der Waals surface area contributed by atoms with Crippen LogP contribution in [0.3, 0.4) is 0 Å². The maximum atomic E-state index is 10.4. The van der Waals surface area contributed by atoms with Crippen LogP contribution in [0.1, 0.15) is 6.42 Å². The van der Waals surface area contributed by atoms with Crippen molar-refractivity contribution < 1.29 is 29.0 Å². The van der Waals surface area contributed by atoms with Gasteiger partial charge in [0, 0.05) is 7.11 Å². The van der Waals surface area contributed by atoms with Gasteiger partial charge >= 0.3 is 13.6 Å². The van der Waals surface area contributed by atoms with Crippen molar-refractivity contribution >= 4 is 13.6 Å². The number of hydrogen-bond acceptors (Lipinski definition) is 3. The van der Waals surface area contributed by atoms with Gasteiger partial charge in [-0.05, 0) is 0 Å². The molecular formula is C4H9O6P. The Bertz CT molecular complexity index is 183. The quantitative estimate of drug-likeness (QED) is 0.514. The van der Waals surface area contributed by atoms with Crippen molar-refractivity contribution in [2.45, 2.75) is 12.3 Å². The predicted molar refractivity (Wildman–Crippen MR) is 35.1 cm³/mol. The van der Waals surface area contributed by atoms with Gasteiger partial charge in [-0.3, -0.25) is 9.36 Å². The van der Waals surface area contributed by atoms with Crippen molar-refractivity contribution in [1.82, 2.24) is 0 Å². The summed E-state index contributed by atoms with van der Waals surface area (Å²) >= 11 is 0. The summed E-state index contributed by atoms with van der Waals surface area (Å²) in [5.74, 6) is -2.85. The number of carboxylic acids is 1. The van der Waals surface area contributed by atoms with E-state index < -0.39 is 25.8 Å². The molecule has 0 aromatic rings. The van der Waals surface area contributed by atoms with Gasteiger partial charge in [0.1, 0.15) is 0 Å². The monoisotopic (exact) mass is 184 g/mol. The molecule has 0 saturated carbocycles. The third-order valence-corrected chi connectivity index (χ3v) is 2.14. The maximum Gasteiger partial charge on any atom is 0.354 e. The molecule has 11 heavy (non-hydrogen) atoms. The molecule has 0 bridgehead atoms. The van der Waals surface area contributed by atoms with Crippen molar-refractivity contribution in [1.29, 1.82) is 0 Å². The van der Waals surface area contributed by atoms with E-state index in [1.165, 1.54) is 0 Å². The molecule has 0 aromatic heterocycles. The second-order valence-corrected chi connectivity index (χ2v) is 3.63. The van der Waals surface area contributed by atoms with E-state index in [0.717, 1.165) is 7.11 Å². The molecule has 0 heterocycles. The van der Waals surface area contributed by atoms with E-state index in [1.54, 1.807) is 0 Å². The van der Waals surface area contributed by atoms with E-state index in [0.29, 0.717) is 0 Å². The van der Waals surface area contributed by atoms with Crippen molar-refractivity contribution in [2.24, 2.45) is 0 Å². The van der Waals surface area contributed by atoms with E-state index >= 15 is 0 Å². The van der Waals surface area contributed by atoms with Crippen molar-refractivity contribution in [2.75, 3.05) is 7.11 Å². The molecule has 0 fully saturated rings. The molecule has 0 aliphatic heterocycles. The molecule has 1 atom stereocenters. The van der Waals surface area contributed by atoms with Crippen LogP contribution >= 0.6 is 7.60 Å². The van der Waals surface area contributed by atoms with E-state index in [2.05, 4.69) is 4.74 Å². The van der Waals surface area contributed by atoms with E-state index in [4.69, 9.17) is 14.9 Å². The van der Waals surface area contributed by atoms with Gasteiger partial charge < -0.3 is 19.6 Å². The fourth-order valence-corrected chi connectivity index (χ4v) is 1.16. The summed E-state index contributed by atoms with van der Waals surface area (Å²) in [6, 6.07) is 0. The van der Waals surface area contributed by atoms with Gasteiger partial charge in [-0.15, -0.1) is 0 Å². The first-order valence-electron chi connectivity index (χ1n) is 2.67. The normalized spacial score (nSPS) is 14.5. The van der Waals surface area contributed by atoms with Crippen LogP contribution in [0, 0.1) is 0 Å². The summed E-state index contributed by atoms with van der Waals surface area (Å²) in [6.07, 6.45) is -0.694. The summed E-state index contributed by atoms with van der Waals surface area (Å²) in [5, 5.41) is 8.16. The highest BCUT2D eigenvalue weighted by Gasteiger charge is 2.30. The molecular weight excluding hydrogens is 175 g/mol. The molecule has 0 radical (unpaired) electrons. The van der Waals surface area contributed by atoms with Gasteiger partial charge in [-0.25, -0.2) is 0 Å². The summed E-state index contributed by atoms with van der Waals surface area (Å²) < 4.78 is 14.7. The molecule has 0 aromatic carbocycles. The van der Waals surface area contributed by atoms with Crippen LogP contribution in [0.5, 0.6) is 0 Å². The minimum absolute atomic E-state index is 0.694. The lowest BCUT2D eigenvalue weighted by Crippen LogP contribution is -2.15. The lowest BCUT2D eigenvalue weighted by Gasteiger charge is -2.13. The molecule has 0 aliphatic carbocycles. The zero-order valence-electron chi connectivity index (χ0n) is 5.80. The Balaban J connectivity index is 4.19. The average molecular weight is 184 g/mol. The number of carbonyl (C=O) groups is 1. The first-order chi connectivity index (χ1) is 4.88. The molecule has 0 saturated heterocycles. The van der Waals surface area contributed by atoms with Crippen molar-refractivity contribution in [3.05, 3.63) is 0 Å². The number of rotatable bonds is 4. The van der Waals surface area contributed by atoms with Crippen LogP contribution in [-0.2, 0) is 14.1 Å². The Morgan fingerprint density at radius 1 is 1.64 bits per heavy atom. The average Bonchev–Trinajstić information content (AvgIpc) is 1.79. The maximum absolute atomic E-state index is 10.4. The summed E-state index contributed by atoms with van der Waals surface area (Å²) in [6.45, 7) is 0. The largest absolute Gasteiger partial charge is 0.481 e. The fourth-order valence-electron chi connectivity index (χ4n) is 0.489. The number of hydrogen-bond donors (Lipinski definition) is 3. The lowest BCUT2D eigenvalue weighted by atomic mass is 10.5. The lowest BCUT2D eigenvalue weighted by molar-refractivity contribution is -0.138. The molecule has 1 unspecified atom stereocenters. The molecule has 6 nitrogen and oxygen atoms in total. The minimum atomic E-state index is -4.43. The Kier molecular flexibility index (Phi) is 3.68. The first-order valence-corrected chi connectivity index (χ1v) is 4.36. The summed E-state index contributed by atoms with van der Waals surface area (Å²) in [4.78, 5) is 26.9. The van der Waals surface area contributed by atoms with E-state index in [1.807, 2.05) is 0 Å². The van der Waals surface area contributed by atoms with Crippen LogP contribution < -0.4 is 0 Å². The fraction of sp³-hybridized carbons (Fsp3) is 0.750. The van der Waals surface area contributed by atoms with Crippen LogP contribution in [-0.4, -0.2) is 33.8 Å². The van der Waals surface area contributed by atoms with Gasteiger partial charge in [0.2, 0.25) is 0 Å². The SMILES string of the molecule is COC(CC(=O)O)P(=O)(O)O. The van der Waals surface area contributed by atoms with Crippen LogP contribution in [0.2, 0.25) is 0 Å². The van der Waals surface area contributed by atoms with Gasteiger partial charge in [-0.1, -0.05) is 0 Å². The molecule has 66 valence electrons. The number of aliphatic carboxylic acids is 1. The molecule has 0 spiro atoms. The summed E-state index contributed by atoms with van der Waals surface area (Å²) in [5.41, 5.74) is 0. The van der Waals surface area contributed by atoms with Gasteiger partial charge in [-0.2, -0.15) is 0 Å². The first kappa shape index (κ1) is 10.6. The highest BCUT2D eigenvalue weighted by atomic mass is 31.2. The highest BCUT2D eigenvalue weighted by Crippen LogP contribution is 2.42. The molecule has 0 aliphatic rings. The molecule has 3 N–H and O–H groups in total. The van der Waals surface area contributed by atoms with Gasteiger partial charge in [0.15, 0.2) is 5.85 Å². The van der Waals surface area contributed by atoms with Gasteiger partial charge in [0.05, 0.1) is 6.42 Å². The predicted octanol–water partition coefficient (Wildman–Crippen LogP) is -0.389. The Morgan fingerprint density at radius 2 is 2.09 bits per heavy atom. The highest BCUT2D eigenvalue weighted by molar-refractivity contribution is 7.52. The van der Waals surface area contributed by atoms with Crippen molar-refractivity contribution in [3.63, 3.8) is 0 Å². The number of ether oxygens (including phenoxy) is 1. The third-order valence-electron chi connectivity index (χ3n) is 0.996. The number of carboxylic acid groups (broad SMARTS) is 1. The molecule has 0 rings (SSSR count). The standard InChI is InChI=1S/C4H9O6P/c1-10-4(2-3(5)6)11(7,8)9/h4H,2H2,1H3,(H,5,6)(H2,7,8,9). The topological polar surface area (TPSA) is 104 Å². The zero-order chi connectivity index (χ0) is 9.07. The van der Waals surface area contributed by atoms with Gasteiger partial charge in [0.25, 0.3) is 0 Å². The molecule has 0 amide bonds. The second-order valence-electron chi connectivity index (χ2n) is 1.88. The van der Waals surface area contributed by atoms with E-state index in [-0.39, 0.29) is 0 Å². The van der Waals surface area contributed by atoms with Crippen LogP contribution in [0.15, 0.2) is 0 Å². The van der Waals surface area contributed by atoms with Crippen LogP contribution in [0.25, 0.3) is 0 Å². The third kappa shape index (κ3) is 4.10. The Labute approximate surface area is 63.0 Å². The van der Waals surface area contributed by atoms with Crippen molar-refractivity contribution in [3.8, 4) is 0 Å². The zero-order valence-corrected chi connectivity index (χ0v) is 6.69. The second kappa shape index (κ2) is 3.82. The smallest absolute Gasteiger partial charge is 0.354 e.